The molecule has 0 aliphatic heterocycles. The van der Waals surface area contributed by atoms with E-state index >= 15 is 0 Å². The lowest BCUT2D eigenvalue weighted by Gasteiger charge is -2.20. The standard InChI is InChI=1S/C13H14ClN3/c1-3-11-12(14)15-9-16-13(11)17(2)10-7-5-4-6-8-10/h4-9H,3H2,1-2H3. The van der Waals surface area contributed by atoms with Gasteiger partial charge in [-0.2, -0.15) is 0 Å². The van der Waals surface area contributed by atoms with Crippen LogP contribution in [0.3, 0.4) is 0 Å². The van der Waals surface area contributed by atoms with E-state index in [0.29, 0.717) is 5.15 Å². The van der Waals surface area contributed by atoms with Crippen molar-refractivity contribution in [3.63, 3.8) is 0 Å². The maximum atomic E-state index is 6.08. The predicted octanol–water partition coefficient (Wildman–Crippen LogP) is 3.46. The highest BCUT2D eigenvalue weighted by Crippen LogP contribution is 2.28. The molecule has 2 aromatic rings. The van der Waals surface area contributed by atoms with Crippen LogP contribution in [0, 0.1) is 0 Å². The number of aromatic nitrogens is 2. The van der Waals surface area contributed by atoms with E-state index in [-0.39, 0.29) is 0 Å². The lowest BCUT2D eigenvalue weighted by molar-refractivity contribution is 1.000. The molecule has 0 saturated heterocycles. The predicted molar refractivity (Wildman–Crippen MR) is 70.9 cm³/mol. The molecule has 1 aromatic carbocycles. The SMILES string of the molecule is CCc1c(Cl)ncnc1N(C)c1ccccc1. The molecular formula is C13H14ClN3. The Morgan fingerprint density at radius 3 is 2.53 bits per heavy atom. The molecule has 0 fully saturated rings. The molecule has 1 aromatic heterocycles. The van der Waals surface area contributed by atoms with E-state index in [1.54, 1.807) is 0 Å². The van der Waals surface area contributed by atoms with Gasteiger partial charge in [0.1, 0.15) is 17.3 Å². The second kappa shape index (κ2) is 5.15. The largest absolute Gasteiger partial charge is 0.329 e. The average Bonchev–Trinajstić information content (AvgIpc) is 2.38. The molecule has 0 N–H and O–H groups in total. The number of nitrogens with zero attached hydrogens (tertiary/aromatic N) is 3. The molecule has 0 amide bonds. The first-order valence-electron chi connectivity index (χ1n) is 5.52. The van der Waals surface area contributed by atoms with Crippen molar-refractivity contribution in [2.75, 3.05) is 11.9 Å². The molecular weight excluding hydrogens is 234 g/mol. The highest BCUT2D eigenvalue weighted by Gasteiger charge is 2.12. The van der Waals surface area contributed by atoms with Crippen LogP contribution in [-0.2, 0) is 6.42 Å². The number of para-hydroxylation sites is 1. The van der Waals surface area contributed by atoms with Gasteiger partial charge in [0, 0.05) is 18.3 Å². The van der Waals surface area contributed by atoms with E-state index in [2.05, 4.69) is 9.97 Å². The van der Waals surface area contributed by atoms with Crippen molar-refractivity contribution in [2.45, 2.75) is 13.3 Å². The molecule has 0 spiro atoms. The monoisotopic (exact) mass is 247 g/mol. The van der Waals surface area contributed by atoms with Crippen LogP contribution in [0.1, 0.15) is 12.5 Å². The highest BCUT2D eigenvalue weighted by molar-refractivity contribution is 6.30. The number of halogens is 1. The smallest absolute Gasteiger partial charge is 0.140 e. The number of hydrogen-bond acceptors (Lipinski definition) is 3. The van der Waals surface area contributed by atoms with E-state index in [1.165, 1.54) is 6.33 Å². The van der Waals surface area contributed by atoms with Crippen molar-refractivity contribution in [2.24, 2.45) is 0 Å². The van der Waals surface area contributed by atoms with Gasteiger partial charge in [-0.05, 0) is 18.6 Å². The van der Waals surface area contributed by atoms with Crippen molar-refractivity contribution in [3.8, 4) is 0 Å². The second-order valence-corrected chi connectivity index (χ2v) is 4.07. The fraction of sp³-hybridized carbons (Fsp3) is 0.231. The zero-order valence-corrected chi connectivity index (χ0v) is 10.6. The minimum Gasteiger partial charge on any atom is -0.329 e. The van der Waals surface area contributed by atoms with Crippen molar-refractivity contribution < 1.29 is 0 Å². The first-order chi connectivity index (χ1) is 8.24. The Hall–Kier alpha value is -1.61. The molecule has 2 rings (SSSR count). The van der Waals surface area contributed by atoms with Gasteiger partial charge in [-0.1, -0.05) is 36.7 Å². The van der Waals surface area contributed by atoms with Crippen LogP contribution in [0.25, 0.3) is 0 Å². The Morgan fingerprint density at radius 2 is 1.88 bits per heavy atom. The third-order valence-corrected chi connectivity index (χ3v) is 3.01. The first kappa shape index (κ1) is 11.9. The van der Waals surface area contributed by atoms with Crippen molar-refractivity contribution in [1.82, 2.24) is 9.97 Å². The summed E-state index contributed by atoms with van der Waals surface area (Å²) in [6.45, 7) is 2.05. The van der Waals surface area contributed by atoms with Gasteiger partial charge in [-0.25, -0.2) is 9.97 Å². The third kappa shape index (κ3) is 2.39. The molecule has 4 heteroatoms. The summed E-state index contributed by atoms with van der Waals surface area (Å²) in [4.78, 5) is 10.4. The number of benzene rings is 1. The quantitative estimate of drug-likeness (QED) is 0.778. The van der Waals surface area contributed by atoms with E-state index in [9.17, 15) is 0 Å². The zero-order valence-electron chi connectivity index (χ0n) is 9.89. The normalized spacial score (nSPS) is 10.3. The van der Waals surface area contributed by atoms with E-state index < -0.39 is 0 Å². The van der Waals surface area contributed by atoms with Gasteiger partial charge in [0.25, 0.3) is 0 Å². The fourth-order valence-electron chi connectivity index (χ4n) is 1.75. The molecule has 0 unspecified atom stereocenters. The Balaban J connectivity index is 2.44. The molecule has 1 heterocycles. The van der Waals surface area contributed by atoms with Gasteiger partial charge in [0.15, 0.2) is 0 Å². The van der Waals surface area contributed by atoms with Gasteiger partial charge in [-0.15, -0.1) is 0 Å². The first-order valence-corrected chi connectivity index (χ1v) is 5.90. The zero-order chi connectivity index (χ0) is 12.3. The number of anilines is 2. The van der Waals surface area contributed by atoms with Gasteiger partial charge in [-0.3, -0.25) is 0 Å². The lowest BCUT2D eigenvalue weighted by Crippen LogP contribution is -2.14. The Bertz CT molecular complexity index is 499. The topological polar surface area (TPSA) is 29.0 Å². The maximum absolute atomic E-state index is 6.08. The molecule has 17 heavy (non-hydrogen) atoms. The van der Waals surface area contributed by atoms with E-state index in [0.717, 1.165) is 23.5 Å². The minimum atomic E-state index is 0.528. The molecule has 0 aliphatic rings. The lowest BCUT2D eigenvalue weighted by atomic mass is 10.2. The van der Waals surface area contributed by atoms with E-state index in [1.807, 2.05) is 49.2 Å². The van der Waals surface area contributed by atoms with Crippen molar-refractivity contribution >= 4 is 23.1 Å². The number of rotatable bonds is 3. The van der Waals surface area contributed by atoms with Crippen LogP contribution in [0.5, 0.6) is 0 Å². The fourth-order valence-corrected chi connectivity index (χ4v) is 2.01. The Morgan fingerprint density at radius 1 is 1.18 bits per heavy atom. The summed E-state index contributed by atoms with van der Waals surface area (Å²) in [5, 5.41) is 0.528. The molecule has 0 aliphatic carbocycles. The van der Waals surface area contributed by atoms with Crippen LogP contribution >= 0.6 is 11.6 Å². The molecule has 0 saturated carbocycles. The summed E-state index contributed by atoms with van der Waals surface area (Å²) in [7, 11) is 1.98. The summed E-state index contributed by atoms with van der Waals surface area (Å²) in [5.74, 6) is 0.860. The molecule has 0 bridgehead atoms. The summed E-state index contributed by atoms with van der Waals surface area (Å²) < 4.78 is 0. The Labute approximate surface area is 106 Å². The van der Waals surface area contributed by atoms with Gasteiger partial charge < -0.3 is 4.90 Å². The van der Waals surface area contributed by atoms with Crippen LogP contribution < -0.4 is 4.90 Å². The van der Waals surface area contributed by atoms with Crippen LogP contribution in [0.15, 0.2) is 36.7 Å². The van der Waals surface area contributed by atoms with Gasteiger partial charge in [0.05, 0.1) is 0 Å². The third-order valence-electron chi connectivity index (χ3n) is 2.68. The van der Waals surface area contributed by atoms with Crippen molar-refractivity contribution in [1.29, 1.82) is 0 Å². The second-order valence-electron chi connectivity index (χ2n) is 3.71. The van der Waals surface area contributed by atoms with Crippen LogP contribution in [0.4, 0.5) is 11.5 Å². The summed E-state index contributed by atoms with van der Waals surface area (Å²) >= 11 is 6.08. The minimum absolute atomic E-state index is 0.528. The Kier molecular flexibility index (Phi) is 3.59. The summed E-state index contributed by atoms with van der Waals surface area (Å²) in [6, 6.07) is 10.1. The average molecular weight is 248 g/mol. The van der Waals surface area contributed by atoms with Gasteiger partial charge >= 0.3 is 0 Å². The molecule has 88 valence electrons. The van der Waals surface area contributed by atoms with Gasteiger partial charge in [0.2, 0.25) is 0 Å². The maximum Gasteiger partial charge on any atom is 0.140 e. The van der Waals surface area contributed by atoms with Crippen LogP contribution in [0.2, 0.25) is 5.15 Å². The molecule has 0 radical (unpaired) electrons. The number of hydrogen-bond donors (Lipinski definition) is 0. The van der Waals surface area contributed by atoms with Crippen LogP contribution in [-0.4, -0.2) is 17.0 Å². The van der Waals surface area contributed by atoms with E-state index in [4.69, 9.17) is 11.6 Å². The molecule has 3 nitrogen and oxygen atoms in total. The highest BCUT2D eigenvalue weighted by atomic mass is 35.5. The van der Waals surface area contributed by atoms with Crippen molar-refractivity contribution in [3.05, 3.63) is 47.4 Å². The summed E-state index contributed by atoms with van der Waals surface area (Å²) in [5.41, 5.74) is 2.05. The molecule has 0 atom stereocenters. The summed E-state index contributed by atoms with van der Waals surface area (Å²) in [6.07, 6.45) is 2.31.